The zero-order valence-corrected chi connectivity index (χ0v) is 15.4. The van der Waals surface area contributed by atoms with E-state index in [4.69, 9.17) is 4.74 Å². The van der Waals surface area contributed by atoms with Gasteiger partial charge in [-0.05, 0) is 49.2 Å². The Kier molecular flexibility index (Phi) is 5.69. The number of anilines is 3. The molecule has 2 aromatic carbocycles. The maximum Gasteiger partial charge on any atom is 0.136 e. The summed E-state index contributed by atoms with van der Waals surface area (Å²) in [7, 11) is 0. The third-order valence-corrected chi connectivity index (χ3v) is 3.64. The van der Waals surface area contributed by atoms with Gasteiger partial charge >= 0.3 is 0 Å². The number of benzene rings is 2. The molecule has 1 aromatic heterocycles. The minimum Gasteiger partial charge on any atom is -0.457 e. The Morgan fingerprint density at radius 2 is 1.54 bits per heavy atom. The van der Waals surface area contributed by atoms with Gasteiger partial charge in [0, 0.05) is 18.3 Å². The highest BCUT2D eigenvalue weighted by Crippen LogP contribution is 2.24. The average Bonchev–Trinajstić information content (AvgIpc) is 2.62. The summed E-state index contributed by atoms with van der Waals surface area (Å²) in [5.74, 6) is 4.49. The molecule has 0 aliphatic heterocycles. The van der Waals surface area contributed by atoms with Gasteiger partial charge < -0.3 is 15.4 Å². The molecule has 134 valence electrons. The van der Waals surface area contributed by atoms with E-state index in [0.29, 0.717) is 5.92 Å². The molecule has 0 atom stereocenters. The molecule has 26 heavy (non-hydrogen) atoms. The van der Waals surface area contributed by atoms with Crippen molar-refractivity contribution in [2.45, 2.75) is 20.8 Å². The zero-order valence-electron chi connectivity index (χ0n) is 15.4. The number of aromatic nitrogens is 2. The first-order chi connectivity index (χ1) is 12.6. The van der Waals surface area contributed by atoms with Gasteiger partial charge in [-0.15, -0.1) is 0 Å². The summed E-state index contributed by atoms with van der Waals surface area (Å²) in [5, 5.41) is 6.65. The van der Waals surface area contributed by atoms with E-state index in [1.54, 1.807) is 0 Å². The first kappa shape index (κ1) is 17.7. The number of aryl methyl sites for hydroxylation is 1. The minimum absolute atomic E-state index is 0.554. The summed E-state index contributed by atoms with van der Waals surface area (Å²) in [5.41, 5.74) is 0.943. The van der Waals surface area contributed by atoms with E-state index in [-0.39, 0.29) is 0 Å². The molecule has 0 aliphatic carbocycles. The van der Waals surface area contributed by atoms with Gasteiger partial charge in [0.1, 0.15) is 29.0 Å². The second kappa shape index (κ2) is 8.34. The van der Waals surface area contributed by atoms with Crippen molar-refractivity contribution >= 4 is 17.3 Å². The van der Waals surface area contributed by atoms with Gasteiger partial charge in [-0.2, -0.15) is 0 Å². The summed E-state index contributed by atoms with van der Waals surface area (Å²) in [6, 6.07) is 19.5. The Morgan fingerprint density at radius 3 is 2.23 bits per heavy atom. The highest BCUT2D eigenvalue weighted by molar-refractivity contribution is 5.60. The summed E-state index contributed by atoms with van der Waals surface area (Å²) in [6.07, 6.45) is 0. The van der Waals surface area contributed by atoms with Gasteiger partial charge in [0.2, 0.25) is 0 Å². The second-order valence-corrected chi connectivity index (χ2v) is 6.52. The maximum atomic E-state index is 5.81. The Bertz CT molecular complexity index is 832. The van der Waals surface area contributed by atoms with Crippen molar-refractivity contribution in [1.29, 1.82) is 0 Å². The average molecular weight is 348 g/mol. The molecule has 0 radical (unpaired) electrons. The highest BCUT2D eigenvalue weighted by Gasteiger charge is 2.04. The first-order valence-corrected chi connectivity index (χ1v) is 8.78. The smallest absolute Gasteiger partial charge is 0.136 e. The van der Waals surface area contributed by atoms with Crippen LogP contribution in [0.25, 0.3) is 0 Å². The Morgan fingerprint density at radius 1 is 0.885 bits per heavy atom. The number of ether oxygens (including phenoxy) is 1. The fraction of sp³-hybridized carbons (Fsp3) is 0.238. The monoisotopic (exact) mass is 348 g/mol. The van der Waals surface area contributed by atoms with Crippen LogP contribution in [0, 0.1) is 12.8 Å². The molecule has 3 aromatic rings. The number of rotatable bonds is 7. The molecule has 0 bridgehead atoms. The Hall–Kier alpha value is -3.08. The Balaban J connectivity index is 1.67. The van der Waals surface area contributed by atoms with Crippen molar-refractivity contribution in [2.24, 2.45) is 5.92 Å². The molecule has 2 N–H and O–H groups in total. The van der Waals surface area contributed by atoms with E-state index in [2.05, 4.69) is 34.4 Å². The SMILES string of the molecule is Cc1nc(NCC(C)C)cc(Nc2ccc(Oc3ccccc3)cc2)n1. The number of hydrogen-bond donors (Lipinski definition) is 2. The summed E-state index contributed by atoms with van der Waals surface area (Å²) in [6.45, 7) is 7.10. The number of nitrogens with zero attached hydrogens (tertiary/aromatic N) is 2. The van der Waals surface area contributed by atoms with Gasteiger partial charge in [0.15, 0.2) is 0 Å². The van der Waals surface area contributed by atoms with Gasteiger partial charge in [-0.25, -0.2) is 9.97 Å². The van der Waals surface area contributed by atoms with E-state index < -0.39 is 0 Å². The first-order valence-electron chi connectivity index (χ1n) is 8.78. The molecule has 0 unspecified atom stereocenters. The molecule has 0 saturated carbocycles. The van der Waals surface area contributed by atoms with E-state index in [1.807, 2.05) is 67.6 Å². The lowest BCUT2D eigenvalue weighted by atomic mass is 10.2. The molecule has 0 fully saturated rings. The van der Waals surface area contributed by atoms with Crippen LogP contribution >= 0.6 is 0 Å². The summed E-state index contributed by atoms with van der Waals surface area (Å²) in [4.78, 5) is 8.88. The van der Waals surface area contributed by atoms with E-state index >= 15 is 0 Å². The van der Waals surface area contributed by atoms with E-state index in [1.165, 1.54) is 0 Å². The molecular weight excluding hydrogens is 324 g/mol. The van der Waals surface area contributed by atoms with Crippen LogP contribution in [0.1, 0.15) is 19.7 Å². The van der Waals surface area contributed by atoms with Crippen LogP contribution in [0.4, 0.5) is 17.3 Å². The summed E-state index contributed by atoms with van der Waals surface area (Å²) >= 11 is 0. The highest BCUT2D eigenvalue weighted by atomic mass is 16.5. The molecule has 5 nitrogen and oxygen atoms in total. The third-order valence-electron chi connectivity index (χ3n) is 3.64. The lowest BCUT2D eigenvalue weighted by molar-refractivity contribution is 0.483. The molecule has 0 amide bonds. The van der Waals surface area contributed by atoms with Crippen molar-refractivity contribution in [2.75, 3.05) is 17.2 Å². The van der Waals surface area contributed by atoms with Gasteiger partial charge in [0.05, 0.1) is 0 Å². The minimum atomic E-state index is 0.554. The predicted octanol–water partition coefficient (Wildman–Crippen LogP) is 5.39. The van der Waals surface area contributed by atoms with Crippen LogP contribution in [-0.4, -0.2) is 16.5 Å². The quantitative estimate of drug-likeness (QED) is 0.599. The predicted molar refractivity (Wildman–Crippen MR) is 106 cm³/mol. The van der Waals surface area contributed by atoms with Crippen molar-refractivity contribution in [3.63, 3.8) is 0 Å². The van der Waals surface area contributed by atoms with Crippen LogP contribution in [0.15, 0.2) is 60.7 Å². The van der Waals surface area contributed by atoms with Gasteiger partial charge in [-0.1, -0.05) is 32.0 Å². The lowest BCUT2D eigenvalue weighted by Crippen LogP contribution is -2.10. The molecule has 0 spiro atoms. The van der Waals surface area contributed by atoms with Crippen molar-refractivity contribution in [3.05, 3.63) is 66.5 Å². The van der Waals surface area contributed by atoms with Gasteiger partial charge in [-0.3, -0.25) is 0 Å². The fourth-order valence-electron chi connectivity index (χ4n) is 2.41. The van der Waals surface area contributed by atoms with Crippen LogP contribution in [-0.2, 0) is 0 Å². The van der Waals surface area contributed by atoms with Gasteiger partial charge in [0.25, 0.3) is 0 Å². The van der Waals surface area contributed by atoms with E-state index in [9.17, 15) is 0 Å². The molecular formula is C21H24N4O. The largest absolute Gasteiger partial charge is 0.457 e. The normalized spacial score (nSPS) is 10.6. The number of para-hydroxylation sites is 1. The molecule has 0 saturated heterocycles. The van der Waals surface area contributed by atoms with Crippen LogP contribution < -0.4 is 15.4 Å². The lowest BCUT2D eigenvalue weighted by Gasteiger charge is -2.12. The van der Waals surface area contributed by atoms with Crippen molar-refractivity contribution < 1.29 is 4.74 Å². The topological polar surface area (TPSA) is 59.1 Å². The molecule has 5 heteroatoms. The van der Waals surface area contributed by atoms with Crippen LogP contribution in [0.5, 0.6) is 11.5 Å². The standard InChI is InChI=1S/C21H24N4O/c1-15(2)14-22-20-13-21(24-16(3)23-20)25-17-9-11-19(12-10-17)26-18-7-5-4-6-8-18/h4-13,15H,14H2,1-3H3,(H2,22,23,24,25). The molecule has 0 aliphatic rings. The second-order valence-electron chi connectivity index (χ2n) is 6.52. The Labute approximate surface area is 154 Å². The number of hydrogen-bond acceptors (Lipinski definition) is 5. The van der Waals surface area contributed by atoms with Crippen molar-refractivity contribution in [3.8, 4) is 11.5 Å². The summed E-state index contributed by atoms with van der Waals surface area (Å²) < 4.78 is 5.81. The molecule has 3 rings (SSSR count). The van der Waals surface area contributed by atoms with E-state index in [0.717, 1.165) is 41.2 Å². The fourth-order valence-corrected chi connectivity index (χ4v) is 2.41. The van der Waals surface area contributed by atoms with Crippen LogP contribution in [0.2, 0.25) is 0 Å². The van der Waals surface area contributed by atoms with Crippen molar-refractivity contribution in [1.82, 2.24) is 9.97 Å². The maximum absolute atomic E-state index is 5.81. The third kappa shape index (κ3) is 5.21. The molecule has 1 heterocycles. The zero-order chi connectivity index (χ0) is 18.4. The number of nitrogens with one attached hydrogen (secondary N) is 2. The van der Waals surface area contributed by atoms with Crippen LogP contribution in [0.3, 0.4) is 0 Å².